The molecule has 9 heavy (non-hydrogen) atoms. The van der Waals surface area contributed by atoms with Crippen LogP contribution in [0.4, 0.5) is 0 Å². The average molecular weight is 215 g/mol. The molecule has 0 aliphatic heterocycles. The van der Waals surface area contributed by atoms with Crippen LogP contribution in [0, 0.1) is 13.8 Å². The minimum absolute atomic E-state index is 0. The van der Waals surface area contributed by atoms with E-state index in [1.54, 1.807) is 0 Å². The summed E-state index contributed by atoms with van der Waals surface area (Å²) < 4.78 is 0. The van der Waals surface area contributed by atoms with Crippen LogP contribution in [0.25, 0.3) is 0 Å². The summed E-state index contributed by atoms with van der Waals surface area (Å²) in [4.78, 5) is 0. The zero-order chi connectivity index (χ0) is 5.28. The molecule has 1 heterocycles. The first kappa shape index (κ1) is 12.7. The molecule has 1 rings (SSSR count). The Morgan fingerprint density at radius 1 is 1.11 bits per heavy atom. The van der Waals surface area contributed by atoms with Gasteiger partial charge in [0.1, 0.15) is 0 Å². The molecule has 0 amide bonds. The molecule has 0 spiro atoms. The molecule has 46 valence electrons. The molecule has 0 N–H and O–H groups in total. The fourth-order valence-corrected chi connectivity index (χ4v) is 1.39. The maximum atomic E-state index is 2.22. The molecule has 0 unspecified atom stereocenters. The van der Waals surface area contributed by atoms with E-state index in [2.05, 4.69) is 25.4 Å². The minimum Gasteiger partial charge on any atom is -1.00 e. The molecule has 0 aliphatic rings. The summed E-state index contributed by atoms with van der Waals surface area (Å²) in [7, 11) is 1.36. The van der Waals surface area contributed by atoms with Crippen molar-refractivity contribution in [2.45, 2.75) is 13.8 Å². The van der Waals surface area contributed by atoms with Crippen LogP contribution in [-0.4, -0.2) is 23.1 Å². The number of aryl methyl sites for hydroxylation is 2. The maximum Gasteiger partial charge on any atom is 2.00 e. The fourth-order valence-electron chi connectivity index (χ4n) is 0.465. The molecule has 0 saturated heterocycles. The van der Waals surface area contributed by atoms with Gasteiger partial charge in [-0.1, -0.05) is 11.1 Å². The third kappa shape index (κ3) is 3.67. The molecular formula is C6H8BrMgP. The van der Waals surface area contributed by atoms with Crippen LogP contribution < -0.4 is 17.0 Å². The third-order valence-corrected chi connectivity index (χ3v) is 2.23. The van der Waals surface area contributed by atoms with Gasteiger partial charge in [-0.2, -0.15) is 0 Å². The second kappa shape index (κ2) is 5.78. The van der Waals surface area contributed by atoms with Gasteiger partial charge in [0.2, 0.25) is 0 Å². The van der Waals surface area contributed by atoms with Crippen molar-refractivity contribution in [3.8, 4) is 0 Å². The van der Waals surface area contributed by atoms with E-state index in [0.29, 0.717) is 0 Å². The van der Waals surface area contributed by atoms with E-state index >= 15 is 0 Å². The molecule has 1 aromatic heterocycles. The van der Waals surface area contributed by atoms with Crippen molar-refractivity contribution in [3.63, 3.8) is 0 Å². The van der Waals surface area contributed by atoms with Crippen molar-refractivity contribution in [3.05, 3.63) is 22.7 Å². The number of hydrogen-bond donors (Lipinski definition) is 0. The molecule has 0 nitrogen and oxygen atoms in total. The normalized spacial score (nSPS) is 7.33. The van der Waals surface area contributed by atoms with E-state index in [1.165, 1.54) is 19.3 Å². The van der Waals surface area contributed by atoms with Crippen molar-refractivity contribution in [2.75, 3.05) is 0 Å². The first-order valence-electron chi connectivity index (χ1n) is 2.34. The molecule has 3 heteroatoms. The van der Waals surface area contributed by atoms with E-state index in [1.807, 2.05) is 0 Å². The molecule has 0 aliphatic carbocycles. The summed E-state index contributed by atoms with van der Waals surface area (Å²) >= 11 is 0. The Hall–Kier alpha value is 1.03. The summed E-state index contributed by atoms with van der Waals surface area (Å²) in [6.45, 7) is 4.29. The van der Waals surface area contributed by atoms with Crippen molar-refractivity contribution in [1.29, 1.82) is 0 Å². The molecule has 0 saturated carbocycles. The van der Waals surface area contributed by atoms with E-state index in [9.17, 15) is 0 Å². The van der Waals surface area contributed by atoms with Crippen LogP contribution >= 0.6 is 8.19 Å². The Morgan fingerprint density at radius 3 is 1.56 bits per heavy atom. The maximum absolute atomic E-state index is 2.22. The summed E-state index contributed by atoms with van der Waals surface area (Å²) in [6, 6.07) is 0. The topological polar surface area (TPSA) is 0 Å². The van der Waals surface area contributed by atoms with Crippen LogP contribution in [0.5, 0.6) is 0 Å². The van der Waals surface area contributed by atoms with Gasteiger partial charge in [0.15, 0.2) is 0 Å². The van der Waals surface area contributed by atoms with Crippen molar-refractivity contribution in [1.82, 2.24) is 0 Å². The Kier molecular flexibility index (Phi) is 8.15. The summed E-state index contributed by atoms with van der Waals surface area (Å²) in [5.74, 6) is 4.44. The average Bonchev–Trinajstić information content (AvgIpc) is 1.91. The Bertz CT molecular complexity index is 145. The predicted octanol–water partition coefficient (Wildman–Crippen LogP) is -0.774. The van der Waals surface area contributed by atoms with Crippen LogP contribution in [0.3, 0.4) is 0 Å². The van der Waals surface area contributed by atoms with Gasteiger partial charge < -0.3 is 25.2 Å². The van der Waals surface area contributed by atoms with Gasteiger partial charge in [-0.15, -0.1) is 0 Å². The monoisotopic (exact) mass is 214 g/mol. The van der Waals surface area contributed by atoms with Crippen LogP contribution in [0.15, 0.2) is 11.6 Å². The minimum atomic E-state index is 0. The smallest absolute Gasteiger partial charge is 1.00 e. The van der Waals surface area contributed by atoms with Gasteiger partial charge in [0.05, 0.1) is 0 Å². The summed E-state index contributed by atoms with van der Waals surface area (Å²) in [5.41, 5.74) is 2.86. The first-order valence-corrected chi connectivity index (χ1v) is 3.38. The second-order valence-corrected chi connectivity index (χ2v) is 2.59. The number of hydrogen-bond acceptors (Lipinski definition) is 0. The second-order valence-electron chi connectivity index (χ2n) is 1.77. The molecule has 0 bridgehead atoms. The molecule has 0 fully saturated rings. The quantitative estimate of drug-likeness (QED) is 0.498. The summed E-state index contributed by atoms with van der Waals surface area (Å²) in [5, 5.41) is 0. The zero-order valence-corrected chi connectivity index (χ0v) is 9.58. The zero-order valence-electron chi connectivity index (χ0n) is 5.69. The Balaban J connectivity index is 0. The number of rotatable bonds is 0. The fraction of sp³-hybridized carbons (Fsp3) is 0.333. The third-order valence-electron chi connectivity index (χ3n) is 1.16. The van der Waals surface area contributed by atoms with Gasteiger partial charge in [-0.05, 0) is 13.8 Å². The Labute approximate surface area is 84.4 Å². The largest absolute Gasteiger partial charge is 2.00 e. The molecule has 1 aromatic rings. The standard InChI is InChI=1S/C6H8P.BrH.Mg/c1-5-3-7-4-6(5)2;;/h3-4H,1-2H3;1H;/q-1;;+2/p-1. The molecule has 0 aromatic carbocycles. The van der Waals surface area contributed by atoms with Crippen molar-refractivity contribution >= 4 is 31.2 Å². The van der Waals surface area contributed by atoms with Crippen molar-refractivity contribution in [2.24, 2.45) is 0 Å². The van der Waals surface area contributed by atoms with Gasteiger partial charge in [0, 0.05) is 0 Å². The van der Waals surface area contributed by atoms with E-state index in [4.69, 9.17) is 0 Å². The summed E-state index contributed by atoms with van der Waals surface area (Å²) in [6.07, 6.45) is 0. The molecule has 0 atom stereocenters. The first-order chi connectivity index (χ1) is 3.30. The number of halogens is 1. The van der Waals surface area contributed by atoms with Gasteiger partial charge >= 0.3 is 23.1 Å². The van der Waals surface area contributed by atoms with Crippen LogP contribution in [-0.2, 0) is 0 Å². The Morgan fingerprint density at radius 2 is 1.44 bits per heavy atom. The van der Waals surface area contributed by atoms with Gasteiger partial charge in [-0.3, -0.25) is 0 Å². The van der Waals surface area contributed by atoms with Crippen molar-refractivity contribution < 1.29 is 17.0 Å². The molecule has 0 radical (unpaired) electrons. The van der Waals surface area contributed by atoms with Gasteiger partial charge in [-0.25, -0.2) is 11.6 Å². The van der Waals surface area contributed by atoms with Crippen LogP contribution in [0.1, 0.15) is 11.1 Å². The predicted molar refractivity (Wildman–Crippen MR) is 39.8 cm³/mol. The van der Waals surface area contributed by atoms with E-state index in [0.717, 1.165) is 0 Å². The van der Waals surface area contributed by atoms with E-state index < -0.39 is 0 Å². The molecular weight excluding hydrogens is 207 g/mol. The van der Waals surface area contributed by atoms with Crippen LogP contribution in [0.2, 0.25) is 0 Å². The van der Waals surface area contributed by atoms with Gasteiger partial charge in [0.25, 0.3) is 0 Å². The SMILES string of the molecule is Cc1c[p-]cc1C.[Br-].[Mg+2]. The van der Waals surface area contributed by atoms with E-state index in [-0.39, 0.29) is 40.0 Å².